The van der Waals surface area contributed by atoms with E-state index in [1.807, 2.05) is 42.5 Å². The van der Waals surface area contributed by atoms with Crippen molar-refractivity contribution >= 4 is 19.8 Å². The minimum Gasteiger partial charge on any atom is -0.462 e. The van der Waals surface area contributed by atoms with E-state index in [0.717, 1.165) is 51.4 Å². The second-order valence-corrected chi connectivity index (χ2v) is 15.0. The van der Waals surface area contributed by atoms with E-state index in [1.54, 1.807) is 6.08 Å². The molecule has 0 rings (SSSR count). The van der Waals surface area contributed by atoms with Crippen molar-refractivity contribution in [2.24, 2.45) is 0 Å². The van der Waals surface area contributed by atoms with Gasteiger partial charge in [0.2, 0.25) is 0 Å². The van der Waals surface area contributed by atoms with Crippen LogP contribution in [0.2, 0.25) is 0 Å². The number of ether oxygens (including phenoxy) is 2. The van der Waals surface area contributed by atoms with Crippen LogP contribution in [0.5, 0.6) is 0 Å². The van der Waals surface area contributed by atoms with Gasteiger partial charge in [0.15, 0.2) is 6.10 Å². The number of esters is 2. The average Bonchev–Trinajstić information content (AvgIpc) is 3.18. The molecule has 320 valence electrons. The summed E-state index contributed by atoms with van der Waals surface area (Å²) in [5.74, 6) is -1.06. The van der Waals surface area contributed by atoms with Gasteiger partial charge < -0.3 is 29.7 Å². The fraction of sp³-hybridized carbons (Fsp3) is 0.636. The molecule has 0 radical (unpaired) electrons. The van der Waals surface area contributed by atoms with Crippen LogP contribution in [0.25, 0.3) is 0 Å². The van der Waals surface area contributed by atoms with Gasteiger partial charge in [0.1, 0.15) is 12.7 Å². The highest BCUT2D eigenvalue weighted by atomic mass is 31.2. The fourth-order valence-electron chi connectivity index (χ4n) is 4.93. The number of aliphatic hydroxyl groups excluding tert-OH is 3. The van der Waals surface area contributed by atoms with Crippen LogP contribution in [0.15, 0.2) is 85.1 Å². The Hall–Kier alpha value is -2.89. The molecule has 0 aromatic heterocycles. The smallest absolute Gasteiger partial charge is 0.462 e. The van der Waals surface area contributed by atoms with Gasteiger partial charge in [-0.1, -0.05) is 137 Å². The van der Waals surface area contributed by atoms with Gasteiger partial charge in [-0.05, 0) is 70.6 Å². The second-order valence-electron chi connectivity index (χ2n) is 13.5. The van der Waals surface area contributed by atoms with E-state index >= 15 is 0 Å². The van der Waals surface area contributed by atoms with Crippen LogP contribution in [-0.4, -0.2) is 76.9 Å². The summed E-state index contributed by atoms with van der Waals surface area (Å²) in [6.45, 7) is 2.04. The van der Waals surface area contributed by atoms with Crippen LogP contribution in [0.1, 0.15) is 136 Å². The highest BCUT2D eigenvalue weighted by Gasteiger charge is 2.27. The Labute approximate surface area is 337 Å². The SMILES string of the molecule is CC/C=C\C/C=C\CC(O)/C=C/C=C\C/C=C\CCCC(=O)O[C@H](COC(=O)CCCCCCC/C=C\C=C/CCCCCC)COP(=O)(O)OC[C@@H](O)CO. The Balaban J connectivity index is 4.54. The molecule has 0 aromatic carbocycles. The molecule has 11 nitrogen and oxygen atoms in total. The van der Waals surface area contributed by atoms with Crippen molar-refractivity contribution in [1.82, 2.24) is 0 Å². The van der Waals surface area contributed by atoms with Crippen LogP contribution in [0.4, 0.5) is 0 Å². The molecule has 12 heteroatoms. The predicted octanol–water partition coefficient (Wildman–Crippen LogP) is 9.63. The van der Waals surface area contributed by atoms with Gasteiger partial charge in [-0.25, -0.2) is 4.57 Å². The molecule has 0 fully saturated rings. The standard InChI is InChI=1S/C44H73O11P/c1-3-5-7-9-11-12-13-14-15-16-17-18-22-26-30-34-43(48)52-38-42(39-54-56(50,51)53-37-41(47)36-45)55-44(49)35-31-27-23-20-19-21-25-29-33-40(46)32-28-24-10-8-6-4-2/h6,8,12-15,20-21,23-25,28-29,33,40-42,45-47H,3-5,7,9-11,16-19,22,26-27,30-32,34-39H2,1-2H3,(H,50,51)/b8-6-,13-12-,15-14-,23-20-,25-21-,28-24-,33-29+/t40?,41-,42+/m0/s1. The van der Waals surface area contributed by atoms with Crippen LogP contribution in [-0.2, 0) is 32.7 Å². The van der Waals surface area contributed by atoms with Gasteiger partial charge in [0, 0.05) is 12.8 Å². The molecule has 0 heterocycles. The van der Waals surface area contributed by atoms with E-state index < -0.39 is 57.9 Å². The Kier molecular flexibility index (Phi) is 36.9. The summed E-state index contributed by atoms with van der Waals surface area (Å²) >= 11 is 0. The van der Waals surface area contributed by atoms with E-state index in [9.17, 15) is 29.3 Å². The van der Waals surface area contributed by atoms with Gasteiger partial charge >= 0.3 is 19.8 Å². The Morgan fingerprint density at radius 3 is 1.93 bits per heavy atom. The van der Waals surface area contributed by atoms with E-state index in [4.69, 9.17) is 19.1 Å². The summed E-state index contributed by atoms with van der Waals surface area (Å²) in [6.07, 6.45) is 41.5. The maximum atomic E-state index is 12.6. The Morgan fingerprint density at radius 1 is 0.625 bits per heavy atom. The summed E-state index contributed by atoms with van der Waals surface area (Å²) in [5.41, 5.74) is 0. The lowest BCUT2D eigenvalue weighted by atomic mass is 10.1. The molecule has 0 spiro atoms. The molecule has 0 amide bonds. The number of phosphoric acid groups is 1. The first-order valence-corrected chi connectivity index (χ1v) is 22.2. The van der Waals surface area contributed by atoms with Crippen molar-refractivity contribution < 1.29 is 52.9 Å². The molecule has 0 saturated heterocycles. The molecule has 0 aromatic rings. The normalized spacial score (nSPS) is 15.3. The summed E-state index contributed by atoms with van der Waals surface area (Å²) in [5, 5.41) is 28.3. The number of carbonyl (C=O) groups excluding carboxylic acids is 2. The molecule has 0 aliphatic heterocycles. The summed E-state index contributed by atoms with van der Waals surface area (Å²) in [6, 6.07) is 0. The van der Waals surface area contributed by atoms with Gasteiger partial charge in [-0.15, -0.1) is 0 Å². The maximum Gasteiger partial charge on any atom is 0.472 e. The van der Waals surface area contributed by atoms with Gasteiger partial charge in [-0.2, -0.15) is 0 Å². The third kappa shape index (κ3) is 38.0. The second kappa shape index (κ2) is 39.0. The average molecular weight is 809 g/mol. The number of allylic oxidation sites excluding steroid dienone is 12. The maximum absolute atomic E-state index is 12.6. The minimum absolute atomic E-state index is 0.0657. The molecule has 4 N–H and O–H groups in total. The molecule has 0 aliphatic carbocycles. The van der Waals surface area contributed by atoms with Crippen molar-refractivity contribution in [2.45, 2.75) is 154 Å². The number of hydrogen-bond donors (Lipinski definition) is 4. The zero-order chi connectivity index (χ0) is 41.4. The number of phosphoric ester groups is 1. The molecule has 56 heavy (non-hydrogen) atoms. The first-order valence-electron chi connectivity index (χ1n) is 20.7. The summed E-state index contributed by atoms with van der Waals surface area (Å²) < 4.78 is 32.5. The molecule has 0 saturated carbocycles. The van der Waals surface area contributed by atoms with E-state index in [1.165, 1.54) is 25.7 Å². The first-order chi connectivity index (χ1) is 27.1. The van der Waals surface area contributed by atoms with E-state index in [0.29, 0.717) is 32.1 Å². The minimum atomic E-state index is -4.66. The molecule has 4 atom stereocenters. The highest BCUT2D eigenvalue weighted by molar-refractivity contribution is 7.47. The zero-order valence-corrected chi connectivity index (χ0v) is 35.1. The van der Waals surface area contributed by atoms with Crippen LogP contribution in [0, 0.1) is 0 Å². The fourth-order valence-corrected chi connectivity index (χ4v) is 5.71. The van der Waals surface area contributed by atoms with Gasteiger partial charge in [-0.3, -0.25) is 18.6 Å². The van der Waals surface area contributed by atoms with Gasteiger partial charge in [0.25, 0.3) is 0 Å². The number of hydrogen-bond acceptors (Lipinski definition) is 10. The van der Waals surface area contributed by atoms with Crippen molar-refractivity contribution in [3.8, 4) is 0 Å². The highest BCUT2D eigenvalue weighted by Crippen LogP contribution is 2.43. The topological polar surface area (TPSA) is 169 Å². The number of carbonyl (C=O) groups is 2. The summed E-state index contributed by atoms with van der Waals surface area (Å²) in [4.78, 5) is 34.9. The Bertz CT molecular complexity index is 1220. The van der Waals surface area contributed by atoms with Crippen LogP contribution >= 0.6 is 7.82 Å². The number of aliphatic hydroxyl groups is 3. The van der Waals surface area contributed by atoms with Crippen molar-refractivity contribution in [3.05, 3.63) is 85.1 Å². The Morgan fingerprint density at radius 2 is 1.21 bits per heavy atom. The van der Waals surface area contributed by atoms with E-state index in [-0.39, 0.29) is 19.4 Å². The van der Waals surface area contributed by atoms with Crippen molar-refractivity contribution in [2.75, 3.05) is 26.4 Å². The van der Waals surface area contributed by atoms with Gasteiger partial charge in [0.05, 0.1) is 25.9 Å². The third-order valence-electron chi connectivity index (χ3n) is 8.14. The quantitative estimate of drug-likeness (QED) is 0.0155. The third-order valence-corrected chi connectivity index (χ3v) is 9.09. The molecule has 0 bridgehead atoms. The first kappa shape index (κ1) is 53.1. The van der Waals surface area contributed by atoms with Crippen LogP contribution in [0.3, 0.4) is 0 Å². The predicted molar refractivity (Wildman–Crippen MR) is 225 cm³/mol. The lowest BCUT2D eigenvalue weighted by Gasteiger charge is -2.20. The van der Waals surface area contributed by atoms with Crippen molar-refractivity contribution in [1.29, 1.82) is 0 Å². The summed E-state index contributed by atoms with van der Waals surface area (Å²) in [7, 11) is -4.66. The number of unbranched alkanes of at least 4 members (excludes halogenated alkanes) is 10. The molecule has 2 unspecified atom stereocenters. The largest absolute Gasteiger partial charge is 0.472 e. The molecule has 0 aliphatic rings. The monoisotopic (exact) mass is 808 g/mol. The lowest BCUT2D eigenvalue weighted by Crippen LogP contribution is -2.29. The van der Waals surface area contributed by atoms with E-state index in [2.05, 4.69) is 54.8 Å². The lowest BCUT2D eigenvalue weighted by molar-refractivity contribution is -0.161. The number of rotatable bonds is 37. The molecular weight excluding hydrogens is 735 g/mol. The van der Waals surface area contributed by atoms with Crippen LogP contribution < -0.4 is 0 Å². The molecular formula is C44H73O11P. The van der Waals surface area contributed by atoms with Crippen molar-refractivity contribution in [3.63, 3.8) is 0 Å². The zero-order valence-electron chi connectivity index (χ0n) is 34.2.